The molecule has 0 aromatic carbocycles. The third-order valence-electron chi connectivity index (χ3n) is 1.06. The van der Waals surface area contributed by atoms with Crippen molar-refractivity contribution in [2.24, 2.45) is 0 Å². The Morgan fingerprint density at radius 1 is 1.80 bits per heavy atom. The lowest BCUT2D eigenvalue weighted by atomic mass is 10.3. The van der Waals surface area contributed by atoms with Gasteiger partial charge >= 0.3 is 0 Å². The van der Waals surface area contributed by atoms with Crippen molar-refractivity contribution >= 4 is 12.6 Å². The Bertz CT molecular complexity index is 212. The van der Waals surface area contributed by atoms with Crippen LogP contribution in [0.5, 0.6) is 0 Å². The Morgan fingerprint density at radius 2 is 2.50 bits per heavy atom. The summed E-state index contributed by atoms with van der Waals surface area (Å²) in [6.45, 7) is 0. The van der Waals surface area contributed by atoms with Crippen LogP contribution in [0.1, 0.15) is 0 Å². The molecule has 0 aromatic heterocycles. The van der Waals surface area contributed by atoms with Crippen molar-refractivity contribution in [1.82, 2.24) is 5.32 Å². The van der Waals surface area contributed by atoms with Crippen LogP contribution in [0.2, 0.25) is 0 Å². The first-order valence-corrected chi connectivity index (χ1v) is 3.18. The van der Waals surface area contributed by atoms with Crippen LogP contribution in [0.4, 0.5) is 0 Å². The maximum atomic E-state index is 10.1. The Kier molecular flexibility index (Phi) is 1.96. The van der Waals surface area contributed by atoms with Gasteiger partial charge in [0.2, 0.25) is 0 Å². The molecule has 0 aromatic rings. The van der Waals surface area contributed by atoms with Gasteiger partial charge in [-0.3, -0.25) is 10.1 Å². The first kappa shape index (κ1) is 7.14. The Labute approximate surface area is 63.2 Å². The Morgan fingerprint density at radius 3 is 2.90 bits per heavy atom. The quantitative estimate of drug-likeness (QED) is 0.332. The molecule has 0 bridgehead atoms. The predicted octanol–water partition coefficient (Wildman–Crippen LogP) is 0.520. The number of nitrogens with one attached hydrogen (secondary N) is 1. The van der Waals surface area contributed by atoms with Gasteiger partial charge in [0.1, 0.15) is 0 Å². The monoisotopic (exact) mass is 158 g/mol. The molecular weight excluding hydrogens is 152 g/mol. The molecule has 1 N–H and O–H groups in total. The van der Waals surface area contributed by atoms with Crippen molar-refractivity contribution in [3.05, 3.63) is 34.2 Å². The van der Waals surface area contributed by atoms with Crippen molar-refractivity contribution in [2.45, 2.75) is 5.37 Å². The highest BCUT2D eigenvalue weighted by molar-refractivity contribution is 7.81. The van der Waals surface area contributed by atoms with Gasteiger partial charge in [0.25, 0.3) is 5.70 Å². The maximum absolute atomic E-state index is 10.1. The van der Waals surface area contributed by atoms with Gasteiger partial charge in [-0.2, -0.15) is 12.6 Å². The lowest BCUT2D eigenvalue weighted by Gasteiger charge is -2.07. The van der Waals surface area contributed by atoms with Crippen LogP contribution < -0.4 is 5.32 Å². The van der Waals surface area contributed by atoms with Gasteiger partial charge in [-0.1, -0.05) is 0 Å². The molecule has 0 saturated heterocycles. The molecule has 1 unspecified atom stereocenters. The van der Waals surface area contributed by atoms with Crippen molar-refractivity contribution < 1.29 is 4.92 Å². The van der Waals surface area contributed by atoms with Crippen LogP contribution in [0.25, 0.3) is 0 Å². The van der Waals surface area contributed by atoms with Crippen molar-refractivity contribution in [3.63, 3.8) is 0 Å². The highest BCUT2D eigenvalue weighted by Crippen LogP contribution is 2.05. The van der Waals surface area contributed by atoms with Gasteiger partial charge < -0.3 is 5.32 Å². The summed E-state index contributed by atoms with van der Waals surface area (Å²) in [4.78, 5) is 9.63. The lowest BCUT2D eigenvalue weighted by Crippen LogP contribution is -2.20. The first-order chi connectivity index (χ1) is 4.70. The third kappa shape index (κ3) is 1.51. The number of nitrogens with zero attached hydrogens (tertiary/aromatic N) is 1. The van der Waals surface area contributed by atoms with E-state index in [-0.39, 0.29) is 11.1 Å². The number of dihydropyridines is 1. The van der Waals surface area contributed by atoms with Gasteiger partial charge in [-0.15, -0.1) is 0 Å². The van der Waals surface area contributed by atoms with E-state index in [2.05, 4.69) is 17.9 Å². The van der Waals surface area contributed by atoms with Crippen LogP contribution in [-0.4, -0.2) is 10.3 Å². The van der Waals surface area contributed by atoms with Gasteiger partial charge in [-0.05, 0) is 6.08 Å². The zero-order valence-electron chi connectivity index (χ0n) is 5.02. The number of nitro groups is 1. The smallest absolute Gasteiger partial charge is 0.284 e. The summed E-state index contributed by atoms with van der Waals surface area (Å²) in [7, 11) is 0. The summed E-state index contributed by atoms with van der Waals surface area (Å²) in [5.74, 6) is 0. The minimum absolute atomic E-state index is 0.0605. The van der Waals surface area contributed by atoms with E-state index in [0.29, 0.717) is 0 Å². The van der Waals surface area contributed by atoms with E-state index < -0.39 is 4.92 Å². The zero-order valence-corrected chi connectivity index (χ0v) is 5.91. The fourth-order valence-corrected chi connectivity index (χ4v) is 0.738. The largest absolute Gasteiger partial charge is 0.371 e. The average Bonchev–Trinajstić information content (AvgIpc) is 1.88. The molecule has 4 nitrogen and oxygen atoms in total. The van der Waals surface area contributed by atoms with E-state index in [1.807, 2.05) is 0 Å². The predicted molar refractivity (Wildman–Crippen MR) is 40.1 cm³/mol. The Balaban J connectivity index is 2.67. The summed E-state index contributed by atoms with van der Waals surface area (Å²) in [6, 6.07) is 0. The zero-order chi connectivity index (χ0) is 7.56. The van der Waals surface area contributed by atoms with Gasteiger partial charge in [0.15, 0.2) is 0 Å². The average molecular weight is 158 g/mol. The first-order valence-electron chi connectivity index (χ1n) is 2.67. The number of hydrogen-bond donors (Lipinski definition) is 2. The minimum atomic E-state index is -0.455. The van der Waals surface area contributed by atoms with Crippen molar-refractivity contribution in [1.29, 1.82) is 0 Å². The van der Waals surface area contributed by atoms with Crippen molar-refractivity contribution in [3.8, 4) is 0 Å². The molecule has 0 fully saturated rings. The van der Waals surface area contributed by atoms with Gasteiger partial charge in [0, 0.05) is 6.08 Å². The molecule has 1 aliphatic heterocycles. The van der Waals surface area contributed by atoms with E-state index in [1.165, 1.54) is 12.3 Å². The SMILES string of the molecule is O=[N+]([O-])C1=CNC(S)C=C1. The highest BCUT2D eigenvalue weighted by atomic mass is 32.1. The van der Waals surface area contributed by atoms with E-state index in [9.17, 15) is 10.1 Å². The lowest BCUT2D eigenvalue weighted by molar-refractivity contribution is -0.419. The van der Waals surface area contributed by atoms with E-state index in [0.717, 1.165) is 0 Å². The Hall–Kier alpha value is -0.970. The fraction of sp³-hybridized carbons (Fsp3) is 0.200. The maximum Gasteiger partial charge on any atom is 0.284 e. The standard InChI is InChI=1S/C5H6N2O2S/c8-7(9)4-1-2-5(10)6-3-4/h1-3,5-6,10H. The van der Waals surface area contributed by atoms with Crippen LogP contribution in [-0.2, 0) is 0 Å². The van der Waals surface area contributed by atoms with Crippen LogP contribution in [0.15, 0.2) is 24.0 Å². The normalized spacial score (nSPS) is 23.3. The second-order valence-electron chi connectivity index (χ2n) is 1.80. The summed E-state index contributed by atoms with van der Waals surface area (Å²) in [5.41, 5.74) is 0.0605. The molecule has 10 heavy (non-hydrogen) atoms. The van der Waals surface area contributed by atoms with E-state index in [1.54, 1.807) is 6.08 Å². The molecular formula is C5H6N2O2S. The molecule has 0 amide bonds. The van der Waals surface area contributed by atoms with Crippen LogP contribution >= 0.6 is 12.6 Å². The molecule has 1 rings (SSSR count). The molecule has 1 aliphatic rings. The summed E-state index contributed by atoms with van der Waals surface area (Å²) >= 11 is 4.01. The third-order valence-corrected chi connectivity index (χ3v) is 1.38. The molecule has 54 valence electrons. The number of thiol groups is 1. The van der Waals surface area contributed by atoms with Gasteiger partial charge in [0.05, 0.1) is 16.5 Å². The number of hydrogen-bond acceptors (Lipinski definition) is 4. The summed E-state index contributed by atoms with van der Waals surface area (Å²) in [6.07, 6.45) is 4.37. The van der Waals surface area contributed by atoms with E-state index >= 15 is 0 Å². The molecule has 1 heterocycles. The van der Waals surface area contributed by atoms with Crippen molar-refractivity contribution in [2.75, 3.05) is 0 Å². The summed E-state index contributed by atoms with van der Waals surface area (Å²) < 4.78 is 0. The molecule has 1 atom stereocenters. The fourth-order valence-electron chi connectivity index (χ4n) is 0.578. The molecule has 0 radical (unpaired) electrons. The number of rotatable bonds is 1. The minimum Gasteiger partial charge on any atom is -0.371 e. The highest BCUT2D eigenvalue weighted by Gasteiger charge is 2.10. The second kappa shape index (κ2) is 2.74. The molecule has 5 heteroatoms. The number of allylic oxidation sites excluding steroid dienone is 1. The van der Waals surface area contributed by atoms with Crippen LogP contribution in [0.3, 0.4) is 0 Å². The molecule has 0 spiro atoms. The van der Waals surface area contributed by atoms with Gasteiger partial charge in [-0.25, -0.2) is 0 Å². The topological polar surface area (TPSA) is 55.2 Å². The van der Waals surface area contributed by atoms with Crippen LogP contribution in [0, 0.1) is 10.1 Å². The molecule has 0 aliphatic carbocycles. The second-order valence-corrected chi connectivity index (χ2v) is 2.35. The van der Waals surface area contributed by atoms with E-state index in [4.69, 9.17) is 0 Å². The summed E-state index contributed by atoms with van der Waals surface area (Å²) in [5, 5.41) is 12.7. The molecule has 0 saturated carbocycles.